The van der Waals surface area contributed by atoms with E-state index in [0.29, 0.717) is 26.4 Å². The van der Waals surface area contributed by atoms with Crippen molar-refractivity contribution in [2.75, 3.05) is 32.9 Å². The second kappa shape index (κ2) is 8.08. The molecule has 0 unspecified atom stereocenters. The lowest BCUT2D eigenvalue weighted by Gasteiger charge is -2.28. The predicted molar refractivity (Wildman–Crippen MR) is 67.0 cm³/mol. The summed E-state index contributed by atoms with van der Waals surface area (Å²) in [5.41, 5.74) is 0. The number of hydrogen-bond donors (Lipinski definition) is 0. The van der Waals surface area contributed by atoms with Crippen molar-refractivity contribution in [2.24, 2.45) is 5.92 Å². The molecule has 1 aliphatic rings. The average Bonchev–Trinajstić information content (AvgIpc) is 2.39. The van der Waals surface area contributed by atoms with Crippen LogP contribution < -0.4 is 0 Å². The normalized spacial score (nSPS) is 16.3. The first kappa shape index (κ1) is 15.0. The van der Waals surface area contributed by atoms with Gasteiger partial charge in [-0.3, -0.25) is 9.59 Å². The van der Waals surface area contributed by atoms with E-state index in [4.69, 9.17) is 9.47 Å². The molecule has 0 N–H and O–H groups in total. The Hall–Kier alpha value is -1.10. The van der Waals surface area contributed by atoms with Crippen molar-refractivity contribution in [3.63, 3.8) is 0 Å². The molecule has 0 aliphatic carbocycles. The lowest BCUT2D eigenvalue weighted by atomic mass is 9.98. The van der Waals surface area contributed by atoms with Crippen LogP contribution in [0, 0.1) is 5.92 Å². The molecule has 1 aliphatic heterocycles. The lowest BCUT2D eigenvalue weighted by Crippen LogP contribution is -2.42. The fourth-order valence-electron chi connectivity index (χ4n) is 2.10. The van der Waals surface area contributed by atoms with E-state index in [1.165, 1.54) is 0 Å². The van der Waals surface area contributed by atoms with Crippen molar-refractivity contribution < 1.29 is 19.1 Å². The second-order valence-corrected chi connectivity index (χ2v) is 4.45. The molecule has 0 bridgehead atoms. The maximum Gasteiger partial charge on any atom is 0.325 e. The zero-order chi connectivity index (χ0) is 13.4. The van der Waals surface area contributed by atoms with E-state index in [9.17, 15) is 9.59 Å². The summed E-state index contributed by atoms with van der Waals surface area (Å²) in [7, 11) is 0. The van der Waals surface area contributed by atoms with Gasteiger partial charge in [0.25, 0.3) is 0 Å². The third-order valence-corrected chi connectivity index (χ3v) is 3.00. The highest BCUT2D eigenvalue weighted by molar-refractivity contribution is 5.83. The molecule has 0 aromatic carbocycles. The quantitative estimate of drug-likeness (QED) is 0.671. The number of ether oxygens (including phenoxy) is 2. The molecule has 0 aromatic heterocycles. The maximum absolute atomic E-state index is 12.3. The molecule has 1 fully saturated rings. The topological polar surface area (TPSA) is 55.8 Å². The number of amides is 1. The molecule has 0 radical (unpaired) electrons. The molecule has 104 valence electrons. The first-order valence-corrected chi connectivity index (χ1v) is 6.71. The largest absolute Gasteiger partial charge is 0.465 e. The van der Waals surface area contributed by atoms with Crippen LogP contribution in [0.15, 0.2) is 0 Å². The van der Waals surface area contributed by atoms with Crippen molar-refractivity contribution in [3.05, 3.63) is 0 Å². The predicted octanol–water partition coefficient (Wildman–Crippen LogP) is 1.21. The Bertz CT molecular complexity index is 274. The van der Waals surface area contributed by atoms with Crippen LogP contribution in [0.5, 0.6) is 0 Å². The summed E-state index contributed by atoms with van der Waals surface area (Å²) in [5, 5.41) is 0. The molecule has 1 saturated heterocycles. The third kappa shape index (κ3) is 4.64. The third-order valence-electron chi connectivity index (χ3n) is 3.00. The van der Waals surface area contributed by atoms with E-state index in [1.54, 1.807) is 11.8 Å². The summed E-state index contributed by atoms with van der Waals surface area (Å²) in [4.78, 5) is 25.4. The number of esters is 1. The van der Waals surface area contributed by atoms with Gasteiger partial charge in [-0.15, -0.1) is 0 Å². The van der Waals surface area contributed by atoms with Crippen molar-refractivity contribution in [3.8, 4) is 0 Å². The van der Waals surface area contributed by atoms with Crippen molar-refractivity contribution in [1.82, 2.24) is 4.90 Å². The summed E-state index contributed by atoms with van der Waals surface area (Å²) in [6.45, 7) is 6.06. The van der Waals surface area contributed by atoms with Crippen LogP contribution >= 0.6 is 0 Å². The highest BCUT2D eigenvalue weighted by Crippen LogP contribution is 2.17. The molecule has 0 spiro atoms. The molecule has 1 heterocycles. The van der Waals surface area contributed by atoms with Crippen molar-refractivity contribution in [2.45, 2.75) is 33.1 Å². The number of rotatable bonds is 6. The molecule has 5 heteroatoms. The average molecular weight is 257 g/mol. The van der Waals surface area contributed by atoms with E-state index in [1.807, 2.05) is 6.92 Å². The standard InChI is InChI=1S/C13H23NO4/c1-3-7-14(10-12(15)18-4-2)13(16)11-5-8-17-9-6-11/h11H,3-10H2,1-2H3. The smallest absolute Gasteiger partial charge is 0.325 e. The number of carbonyl (C=O) groups excluding carboxylic acids is 2. The Balaban J connectivity index is 2.53. The van der Waals surface area contributed by atoms with Crippen molar-refractivity contribution >= 4 is 11.9 Å². The first-order valence-electron chi connectivity index (χ1n) is 6.71. The van der Waals surface area contributed by atoms with Gasteiger partial charge in [-0.05, 0) is 26.2 Å². The summed E-state index contributed by atoms with van der Waals surface area (Å²) >= 11 is 0. The van der Waals surface area contributed by atoms with Gasteiger partial charge in [0.1, 0.15) is 6.54 Å². The van der Waals surface area contributed by atoms with Gasteiger partial charge in [0.15, 0.2) is 0 Å². The molecule has 0 saturated carbocycles. The summed E-state index contributed by atoms with van der Waals surface area (Å²) in [5.74, 6) is -0.265. The number of carbonyl (C=O) groups is 2. The van der Waals surface area contributed by atoms with Gasteiger partial charge in [-0.1, -0.05) is 6.92 Å². The molecule has 1 rings (SSSR count). The highest BCUT2D eigenvalue weighted by Gasteiger charge is 2.27. The van der Waals surface area contributed by atoms with Gasteiger partial charge < -0.3 is 14.4 Å². The minimum atomic E-state index is -0.327. The summed E-state index contributed by atoms with van der Waals surface area (Å²) in [6, 6.07) is 0. The molecule has 0 atom stereocenters. The van der Waals surface area contributed by atoms with E-state index >= 15 is 0 Å². The summed E-state index contributed by atoms with van der Waals surface area (Å²) in [6.07, 6.45) is 2.35. The zero-order valence-corrected chi connectivity index (χ0v) is 11.3. The Morgan fingerprint density at radius 2 is 1.94 bits per heavy atom. The Morgan fingerprint density at radius 1 is 1.28 bits per heavy atom. The molecule has 18 heavy (non-hydrogen) atoms. The number of nitrogens with zero attached hydrogens (tertiary/aromatic N) is 1. The van der Waals surface area contributed by atoms with E-state index in [2.05, 4.69) is 0 Å². The van der Waals surface area contributed by atoms with Gasteiger partial charge in [0.2, 0.25) is 5.91 Å². The monoisotopic (exact) mass is 257 g/mol. The fraction of sp³-hybridized carbons (Fsp3) is 0.846. The zero-order valence-electron chi connectivity index (χ0n) is 11.3. The minimum absolute atomic E-state index is 0.000253. The van der Waals surface area contributed by atoms with E-state index in [0.717, 1.165) is 19.3 Å². The molecule has 0 aromatic rings. The van der Waals surface area contributed by atoms with Crippen LogP contribution in [0.3, 0.4) is 0 Å². The number of hydrogen-bond acceptors (Lipinski definition) is 4. The first-order chi connectivity index (χ1) is 8.69. The molecular formula is C13H23NO4. The Labute approximate surface area is 108 Å². The van der Waals surface area contributed by atoms with Crippen LogP contribution in [-0.2, 0) is 19.1 Å². The van der Waals surface area contributed by atoms with E-state index < -0.39 is 0 Å². The second-order valence-electron chi connectivity index (χ2n) is 4.45. The van der Waals surface area contributed by atoms with Crippen LogP contribution in [-0.4, -0.2) is 49.7 Å². The van der Waals surface area contributed by atoms with Crippen molar-refractivity contribution in [1.29, 1.82) is 0 Å². The molecule has 5 nitrogen and oxygen atoms in total. The lowest BCUT2D eigenvalue weighted by molar-refractivity contribution is -0.151. The Kier molecular flexibility index (Phi) is 6.72. The summed E-state index contributed by atoms with van der Waals surface area (Å²) < 4.78 is 10.1. The van der Waals surface area contributed by atoms with Crippen LogP contribution in [0.25, 0.3) is 0 Å². The SMILES string of the molecule is CCCN(CC(=O)OCC)C(=O)C1CCOCC1. The van der Waals surface area contributed by atoms with Crippen LogP contribution in [0.1, 0.15) is 33.1 Å². The van der Waals surface area contributed by atoms with Gasteiger partial charge >= 0.3 is 5.97 Å². The highest BCUT2D eigenvalue weighted by atomic mass is 16.5. The van der Waals surface area contributed by atoms with Crippen LogP contribution in [0.4, 0.5) is 0 Å². The maximum atomic E-state index is 12.3. The van der Waals surface area contributed by atoms with Gasteiger partial charge in [0, 0.05) is 25.7 Å². The van der Waals surface area contributed by atoms with E-state index in [-0.39, 0.29) is 24.3 Å². The Morgan fingerprint density at radius 3 is 2.50 bits per heavy atom. The fourth-order valence-corrected chi connectivity index (χ4v) is 2.10. The van der Waals surface area contributed by atoms with Gasteiger partial charge in [-0.25, -0.2) is 0 Å². The molecular weight excluding hydrogens is 234 g/mol. The minimum Gasteiger partial charge on any atom is -0.465 e. The van der Waals surface area contributed by atoms with Crippen LogP contribution in [0.2, 0.25) is 0 Å². The van der Waals surface area contributed by atoms with Gasteiger partial charge in [0.05, 0.1) is 6.61 Å². The molecule has 1 amide bonds. The van der Waals surface area contributed by atoms with Gasteiger partial charge in [-0.2, -0.15) is 0 Å².